The lowest BCUT2D eigenvalue weighted by Crippen LogP contribution is -2.40. The fraction of sp³-hybridized carbons (Fsp3) is 0.538. The monoisotopic (exact) mass is 394 g/mol. The van der Waals surface area contributed by atoms with E-state index >= 15 is 0 Å². The first kappa shape index (κ1) is 22.5. The van der Waals surface area contributed by atoms with E-state index in [9.17, 15) is 21.6 Å². The summed E-state index contributed by atoms with van der Waals surface area (Å²) in [6.45, 7) is 1.91. The van der Waals surface area contributed by atoms with Crippen LogP contribution in [0.3, 0.4) is 0 Å². The molecule has 1 aromatic rings. The van der Waals surface area contributed by atoms with E-state index in [1.807, 2.05) is 6.92 Å². The van der Waals surface area contributed by atoms with Crippen molar-refractivity contribution < 1.29 is 21.6 Å². The van der Waals surface area contributed by atoms with Gasteiger partial charge in [-0.15, -0.1) is 12.4 Å². The Morgan fingerprint density at radius 1 is 1.35 bits per heavy atom. The van der Waals surface area contributed by atoms with Crippen LogP contribution in [0.2, 0.25) is 5.02 Å². The number of hydrogen-bond donors (Lipinski definition) is 2. The van der Waals surface area contributed by atoms with Gasteiger partial charge in [0.25, 0.3) is 0 Å². The van der Waals surface area contributed by atoms with E-state index in [0.717, 1.165) is 18.6 Å². The fourth-order valence-electron chi connectivity index (χ4n) is 1.96. The summed E-state index contributed by atoms with van der Waals surface area (Å²) in [6, 6.07) is 2.21. The summed E-state index contributed by atoms with van der Waals surface area (Å²) in [7, 11) is -4.43. The molecule has 0 spiro atoms. The Morgan fingerprint density at radius 3 is 2.43 bits per heavy atom. The highest BCUT2D eigenvalue weighted by atomic mass is 35.5. The van der Waals surface area contributed by atoms with Gasteiger partial charge in [-0.1, -0.05) is 37.4 Å². The molecule has 3 N–H and O–H groups in total. The lowest BCUT2D eigenvalue weighted by molar-refractivity contribution is -0.139. The smallest absolute Gasteiger partial charge is 0.329 e. The van der Waals surface area contributed by atoms with Gasteiger partial charge in [0.05, 0.1) is 10.6 Å². The highest BCUT2D eigenvalue weighted by molar-refractivity contribution is 7.89. The predicted octanol–water partition coefficient (Wildman–Crippen LogP) is 3.58. The molecule has 0 heterocycles. The minimum absolute atomic E-state index is 0. The second kappa shape index (κ2) is 9.08. The molecule has 0 saturated carbocycles. The quantitative estimate of drug-likeness (QED) is 0.742. The Bertz CT molecular complexity index is 610. The predicted molar refractivity (Wildman–Crippen MR) is 86.4 cm³/mol. The van der Waals surface area contributed by atoms with Crippen LogP contribution in [0.4, 0.5) is 13.2 Å². The van der Waals surface area contributed by atoms with Gasteiger partial charge in [-0.3, -0.25) is 0 Å². The summed E-state index contributed by atoms with van der Waals surface area (Å²) in [4.78, 5) is -0.959. The third-order valence-electron chi connectivity index (χ3n) is 3.05. The van der Waals surface area contributed by atoms with Crippen LogP contribution in [0, 0.1) is 0 Å². The van der Waals surface area contributed by atoms with Crippen molar-refractivity contribution in [3.63, 3.8) is 0 Å². The van der Waals surface area contributed by atoms with E-state index < -0.39 is 37.7 Å². The number of benzene rings is 1. The van der Waals surface area contributed by atoms with E-state index in [4.69, 9.17) is 17.3 Å². The van der Waals surface area contributed by atoms with E-state index in [1.54, 1.807) is 0 Å². The minimum Gasteiger partial charge on any atom is -0.329 e. The minimum atomic E-state index is -4.82. The van der Waals surface area contributed by atoms with Crippen LogP contribution in [0.1, 0.15) is 31.7 Å². The number of nitrogens with one attached hydrogen (secondary N) is 1. The molecule has 0 saturated heterocycles. The topological polar surface area (TPSA) is 72.2 Å². The molecule has 0 bridgehead atoms. The molecule has 1 atom stereocenters. The zero-order valence-electron chi connectivity index (χ0n) is 12.4. The largest absolute Gasteiger partial charge is 0.417 e. The number of sulfonamides is 1. The summed E-state index contributed by atoms with van der Waals surface area (Å²) in [5.74, 6) is 0. The summed E-state index contributed by atoms with van der Waals surface area (Å²) in [6.07, 6.45) is -2.86. The Kier molecular flexibility index (Phi) is 8.86. The van der Waals surface area contributed by atoms with Crippen molar-refractivity contribution in [2.24, 2.45) is 5.73 Å². The van der Waals surface area contributed by atoms with Crippen molar-refractivity contribution in [2.75, 3.05) is 6.54 Å². The molecule has 0 aliphatic heterocycles. The van der Waals surface area contributed by atoms with Crippen LogP contribution < -0.4 is 10.5 Å². The van der Waals surface area contributed by atoms with E-state index in [2.05, 4.69) is 4.72 Å². The van der Waals surface area contributed by atoms with Gasteiger partial charge in [-0.25, -0.2) is 13.1 Å². The molecular formula is C13H19Cl2F3N2O2S. The number of halogens is 5. The Hall–Kier alpha value is -0.540. The molecular weight excluding hydrogens is 376 g/mol. The highest BCUT2D eigenvalue weighted by Gasteiger charge is 2.38. The Balaban J connectivity index is 0.00000484. The lowest BCUT2D eigenvalue weighted by Gasteiger charge is -2.19. The molecule has 4 nitrogen and oxygen atoms in total. The molecule has 1 rings (SSSR count). The number of hydrogen-bond acceptors (Lipinski definition) is 3. The lowest BCUT2D eigenvalue weighted by atomic mass is 10.1. The summed E-state index contributed by atoms with van der Waals surface area (Å²) >= 11 is 5.70. The molecule has 10 heteroatoms. The van der Waals surface area contributed by atoms with Gasteiger partial charge in [-0.05, 0) is 18.6 Å². The Labute approximate surface area is 145 Å². The van der Waals surface area contributed by atoms with Crippen LogP contribution in [0.15, 0.2) is 23.1 Å². The standard InChI is InChI=1S/C13H18ClF3N2O2S.ClH/c1-2-3-5-9(8-18)19-22(20,21)12-10(13(15,16)17)6-4-7-11(12)14;/h4,6-7,9,19H,2-3,5,8,18H2,1H3;1H. The molecule has 0 aliphatic rings. The second-order valence-corrected chi connectivity index (χ2v) is 6.87. The summed E-state index contributed by atoms with van der Waals surface area (Å²) in [5, 5.41) is -0.478. The summed E-state index contributed by atoms with van der Waals surface area (Å²) < 4.78 is 65.8. The molecule has 134 valence electrons. The zero-order chi connectivity index (χ0) is 17.0. The van der Waals surface area contributed by atoms with Gasteiger partial charge in [0, 0.05) is 12.6 Å². The molecule has 1 unspecified atom stereocenters. The second-order valence-electron chi connectivity index (χ2n) is 4.81. The molecule has 0 radical (unpaired) electrons. The molecule has 0 aliphatic carbocycles. The SMILES string of the molecule is CCCCC(CN)NS(=O)(=O)c1c(Cl)cccc1C(F)(F)F.Cl. The van der Waals surface area contributed by atoms with Crippen molar-refractivity contribution >= 4 is 34.0 Å². The van der Waals surface area contributed by atoms with Crippen LogP contribution in [-0.2, 0) is 16.2 Å². The van der Waals surface area contributed by atoms with Gasteiger partial charge >= 0.3 is 6.18 Å². The zero-order valence-corrected chi connectivity index (χ0v) is 14.7. The first-order chi connectivity index (χ1) is 10.1. The average molecular weight is 395 g/mol. The average Bonchev–Trinajstić information content (AvgIpc) is 2.41. The van der Waals surface area contributed by atoms with Crippen molar-refractivity contribution in [2.45, 2.75) is 43.3 Å². The van der Waals surface area contributed by atoms with Crippen LogP contribution in [0.5, 0.6) is 0 Å². The first-order valence-corrected chi connectivity index (χ1v) is 8.57. The fourth-order valence-corrected chi connectivity index (χ4v) is 4.01. The number of rotatable bonds is 7. The number of unbranched alkanes of at least 4 members (excludes halogenated alkanes) is 1. The van der Waals surface area contributed by atoms with Gasteiger partial charge in [-0.2, -0.15) is 13.2 Å². The molecule has 0 fully saturated rings. The maximum absolute atomic E-state index is 13.0. The van der Waals surface area contributed by atoms with Gasteiger partial charge in [0.15, 0.2) is 0 Å². The molecule has 23 heavy (non-hydrogen) atoms. The van der Waals surface area contributed by atoms with Crippen molar-refractivity contribution in [1.82, 2.24) is 4.72 Å². The third kappa shape index (κ3) is 6.11. The number of alkyl halides is 3. The highest BCUT2D eigenvalue weighted by Crippen LogP contribution is 2.37. The summed E-state index contributed by atoms with van der Waals surface area (Å²) in [5.41, 5.74) is 4.19. The number of nitrogens with two attached hydrogens (primary N) is 1. The van der Waals surface area contributed by atoms with Crippen LogP contribution >= 0.6 is 24.0 Å². The van der Waals surface area contributed by atoms with E-state index in [0.29, 0.717) is 18.9 Å². The maximum Gasteiger partial charge on any atom is 0.417 e. The van der Waals surface area contributed by atoms with Gasteiger partial charge < -0.3 is 5.73 Å². The third-order valence-corrected chi connectivity index (χ3v) is 5.10. The molecule has 1 aromatic carbocycles. The molecule has 0 aromatic heterocycles. The maximum atomic E-state index is 13.0. The van der Waals surface area contributed by atoms with Crippen LogP contribution in [0.25, 0.3) is 0 Å². The van der Waals surface area contributed by atoms with Crippen molar-refractivity contribution in [3.8, 4) is 0 Å². The normalized spacial score (nSPS) is 13.5. The van der Waals surface area contributed by atoms with Crippen LogP contribution in [-0.4, -0.2) is 21.0 Å². The first-order valence-electron chi connectivity index (χ1n) is 6.71. The van der Waals surface area contributed by atoms with Gasteiger partial charge in [0.2, 0.25) is 10.0 Å². The van der Waals surface area contributed by atoms with Crippen molar-refractivity contribution in [1.29, 1.82) is 0 Å². The molecule has 0 amide bonds. The van der Waals surface area contributed by atoms with Crippen molar-refractivity contribution in [3.05, 3.63) is 28.8 Å². The van der Waals surface area contributed by atoms with Gasteiger partial charge in [0.1, 0.15) is 4.90 Å². The Morgan fingerprint density at radius 2 is 1.96 bits per heavy atom. The van der Waals surface area contributed by atoms with E-state index in [1.165, 1.54) is 0 Å². The van der Waals surface area contributed by atoms with E-state index in [-0.39, 0.29) is 19.0 Å².